The van der Waals surface area contributed by atoms with Crippen molar-refractivity contribution in [3.63, 3.8) is 0 Å². The second kappa shape index (κ2) is 19.7. The second-order valence-corrected chi connectivity index (χ2v) is 13.0. The molecule has 0 heterocycles. The van der Waals surface area contributed by atoms with Crippen LogP contribution in [0, 0.1) is 11.3 Å². The molecule has 50 heavy (non-hydrogen) atoms. The molecule has 0 aromatic heterocycles. The van der Waals surface area contributed by atoms with Crippen molar-refractivity contribution < 1.29 is 33.8 Å². The fourth-order valence-electron chi connectivity index (χ4n) is 5.20. The molecule has 0 aliphatic heterocycles. The van der Waals surface area contributed by atoms with E-state index in [0.29, 0.717) is 6.42 Å². The number of ether oxygens (including phenoxy) is 2. The summed E-state index contributed by atoms with van der Waals surface area (Å²) in [5.74, 6) is -2.58. The van der Waals surface area contributed by atoms with Gasteiger partial charge >= 0.3 is 12.2 Å². The minimum atomic E-state index is -1.17. The zero-order valence-corrected chi connectivity index (χ0v) is 29.1. The van der Waals surface area contributed by atoms with Crippen LogP contribution in [0.2, 0.25) is 0 Å². The lowest BCUT2D eigenvalue weighted by molar-refractivity contribution is -0.131. The Morgan fingerprint density at radius 1 is 0.740 bits per heavy atom. The van der Waals surface area contributed by atoms with Crippen molar-refractivity contribution >= 4 is 30.0 Å². The Labute approximate surface area is 293 Å². The van der Waals surface area contributed by atoms with Gasteiger partial charge in [-0.2, -0.15) is 0 Å². The Balaban J connectivity index is 1.72. The van der Waals surface area contributed by atoms with Gasteiger partial charge in [-0.15, -0.1) is 0 Å². The topological polar surface area (TPSA) is 179 Å². The molecule has 0 fully saturated rings. The van der Waals surface area contributed by atoms with Crippen LogP contribution in [0.25, 0.3) is 0 Å². The number of hydrogen-bond donors (Lipinski definition) is 6. The van der Waals surface area contributed by atoms with Gasteiger partial charge in [0, 0.05) is 5.92 Å². The first-order valence-electron chi connectivity index (χ1n) is 16.8. The summed E-state index contributed by atoms with van der Waals surface area (Å²) in [4.78, 5) is 52.1. The number of benzene rings is 3. The van der Waals surface area contributed by atoms with E-state index in [1.54, 1.807) is 45.0 Å². The molecule has 268 valence electrons. The highest BCUT2D eigenvalue weighted by Crippen LogP contribution is 2.20. The van der Waals surface area contributed by atoms with Gasteiger partial charge in [-0.3, -0.25) is 25.6 Å². The normalized spacial score (nSPS) is 13.5. The molecule has 4 atom stereocenters. The van der Waals surface area contributed by atoms with E-state index in [4.69, 9.17) is 14.9 Å². The first-order chi connectivity index (χ1) is 23.8. The van der Waals surface area contributed by atoms with Crippen LogP contribution >= 0.6 is 0 Å². The Morgan fingerprint density at radius 2 is 1.28 bits per heavy atom. The third-order valence-electron chi connectivity index (χ3n) is 7.59. The predicted octanol–water partition coefficient (Wildman–Crippen LogP) is 4.99. The van der Waals surface area contributed by atoms with E-state index in [2.05, 4.69) is 21.3 Å². The number of carbonyl (C=O) groups excluding carboxylic acids is 4. The Kier molecular flexibility index (Phi) is 15.4. The molecule has 0 saturated heterocycles. The van der Waals surface area contributed by atoms with Crippen LogP contribution in [0.5, 0.6) is 0 Å². The molecule has 0 aliphatic carbocycles. The summed E-state index contributed by atoms with van der Waals surface area (Å²) in [6, 6.07) is 25.8. The Bertz CT molecular complexity index is 1530. The zero-order valence-electron chi connectivity index (χ0n) is 29.1. The van der Waals surface area contributed by atoms with Gasteiger partial charge < -0.3 is 25.2 Å². The number of amides is 4. The van der Waals surface area contributed by atoms with Gasteiger partial charge in [0.25, 0.3) is 0 Å². The van der Waals surface area contributed by atoms with Gasteiger partial charge in [0.2, 0.25) is 17.8 Å². The molecule has 12 heteroatoms. The number of nitrogens with one attached hydrogen (secondary N) is 5. The maximum Gasteiger partial charge on any atom is 0.414 e. The largest absolute Gasteiger partial charge is 0.444 e. The molecule has 0 radical (unpaired) electrons. The minimum absolute atomic E-state index is 0.0173. The van der Waals surface area contributed by atoms with Crippen LogP contribution < -0.4 is 21.3 Å². The number of guanidine groups is 1. The first kappa shape index (κ1) is 39.2. The van der Waals surface area contributed by atoms with E-state index in [9.17, 15) is 24.3 Å². The third-order valence-corrected chi connectivity index (χ3v) is 7.59. The Hall–Kier alpha value is -5.23. The summed E-state index contributed by atoms with van der Waals surface area (Å²) in [5, 5.41) is 29.7. The summed E-state index contributed by atoms with van der Waals surface area (Å²) in [5.41, 5.74) is 1.71. The molecular formula is C38H49N5O7. The lowest BCUT2D eigenvalue weighted by Crippen LogP contribution is -2.53. The second-order valence-electron chi connectivity index (χ2n) is 13.0. The minimum Gasteiger partial charge on any atom is -0.444 e. The maximum atomic E-state index is 13.9. The van der Waals surface area contributed by atoms with Crippen molar-refractivity contribution in [1.29, 1.82) is 5.41 Å². The van der Waals surface area contributed by atoms with E-state index in [0.717, 1.165) is 16.7 Å². The SMILES string of the molecule is CCC[C@H](NC(=O)[C@H](Cc1ccccc1)C[C@H](O)[C@H](Cc1ccccc1)NC(=O)OC(C)(C)C)C(=O)NC(=N)NC(=O)OCc1ccccc1. The van der Waals surface area contributed by atoms with Crippen molar-refractivity contribution in [1.82, 2.24) is 21.3 Å². The van der Waals surface area contributed by atoms with E-state index in [-0.39, 0.29) is 32.3 Å². The molecule has 0 saturated carbocycles. The summed E-state index contributed by atoms with van der Waals surface area (Å²) in [6.45, 7) is 7.06. The number of rotatable bonds is 15. The number of alkyl carbamates (subject to hydrolysis) is 2. The van der Waals surface area contributed by atoms with Gasteiger partial charge in [0.15, 0.2) is 0 Å². The van der Waals surface area contributed by atoms with Crippen LogP contribution in [0.4, 0.5) is 9.59 Å². The smallest absolute Gasteiger partial charge is 0.414 e. The molecule has 3 rings (SSSR count). The highest BCUT2D eigenvalue weighted by molar-refractivity contribution is 6.03. The molecule has 0 bridgehead atoms. The fourth-order valence-corrected chi connectivity index (χ4v) is 5.20. The van der Waals surface area contributed by atoms with Crippen LogP contribution in [-0.4, -0.2) is 58.9 Å². The molecule has 3 aromatic rings. The average molecular weight is 688 g/mol. The third kappa shape index (κ3) is 14.5. The van der Waals surface area contributed by atoms with Crippen molar-refractivity contribution in [2.45, 2.75) is 90.2 Å². The monoisotopic (exact) mass is 687 g/mol. The molecule has 0 aliphatic rings. The van der Waals surface area contributed by atoms with Crippen LogP contribution in [-0.2, 0) is 38.5 Å². The van der Waals surface area contributed by atoms with Gasteiger partial charge in [-0.25, -0.2) is 9.59 Å². The average Bonchev–Trinajstić information content (AvgIpc) is 3.07. The molecule has 4 amide bonds. The maximum absolute atomic E-state index is 13.9. The lowest BCUT2D eigenvalue weighted by Gasteiger charge is -2.29. The number of aliphatic hydroxyl groups is 1. The van der Waals surface area contributed by atoms with Gasteiger partial charge in [-0.05, 0) is 63.1 Å². The highest BCUT2D eigenvalue weighted by atomic mass is 16.6. The van der Waals surface area contributed by atoms with Crippen molar-refractivity contribution in [2.75, 3.05) is 0 Å². The van der Waals surface area contributed by atoms with Crippen molar-refractivity contribution in [3.05, 3.63) is 108 Å². The summed E-state index contributed by atoms with van der Waals surface area (Å²) in [7, 11) is 0. The summed E-state index contributed by atoms with van der Waals surface area (Å²) >= 11 is 0. The van der Waals surface area contributed by atoms with Crippen molar-refractivity contribution in [2.24, 2.45) is 5.92 Å². The van der Waals surface area contributed by atoms with E-state index >= 15 is 0 Å². The van der Waals surface area contributed by atoms with Crippen LogP contribution in [0.1, 0.15) is 63.6 Å². The molecule has 6 N–H and O–H groups in total. The summed E-state index contributed by atoms with van der Waals surface area (Å²) < 4.78 is 10.6. The van der Waals surface area contributed by atoms with Gasteiger partial charge in [0.05, 0.1) is 12.1 Å². The molecule has 3 aromatic carbocycles. The molecule has 12 nitrogen and oxygen atoms in total. The van der Waals surface area contributed by atoms with Crippen LogP contribution in [0.15, 0.2) is 91.0 Å². The summed E-state index contributed by atoms with van der Waals surface area (Å²) in [6.07, 6.45) is -1.51. The highest BCUT2D eigenvalue weighted by Gasteiger charge is 2.32. The number of carbonyl (C=O) groups is 4. The van der Waals surface area contributed by atoms with Gasteiger partial charge in [-0.1, -0.05) is 104 Å². The number of hydrogen-bond acceptors (Lipinski definition) is 8. The van der Waals surface area contributed by atoms with Crippen LogP contribution in [0.3, 0.4) is 0 Å². The first-order valence-corrected chi connectivity index (χ1v) is 16.8. The fraction of sp³-hybridized carbons (Fsp3) is 0.395. The Morgan fingerprint density at radius 3 is 1.82 bits per heavy atom. The predicted molar refractivity (Wildman–Crippen MR) is 190 cm³/mol. The van der Waals surface area contributed by atoms with Gasteiger partial charge in [0.1, 0.15) is 18.2 Å². The quantitative estimate of drug-likeness (QED) is 0.0962. The van der Waals surface area contributed by atoms with E-state index < -0.39 is 59.7 Å². The molecular weight excluding hydrogens is 638 g/mol. The molecule has 0 spiro atoms. The number of aliphatic hydroxyl groups excluding tert-OH is 1. The standard InChI is InChI=1S/C38H49N5O7/c1-5-15-30(34(46)42-35(39)43-36(47)49-25-28-20-13-8-14-21-28)40-33(45)29(22-26-16-9-6-10-17-26)24-32(44)31(23-27-18-11-7-12-19-27)41-37(48)50-38(2,3)4/h6-14,16-21,29-32,44H,5,15,22-25H2,1-4H3,(H,40,45)(H,41,48)(H3,39,42,43,46,47)/t29-,30+,31+,32+/m1/s1. The van der Waals surface area contributed by atoms with Crippen molar-refractivity contribution in [3.8, 4) is 0 Å². The zero-order chi connectivity index (χ0) is 36.5. The lowest BCUT2D eigenvalue weighted by atomic mass is 9.88. The van der Waals surface area contributed by atoms with E-state index in [1.165, 1.54) is 0 Å². The van der Waals surface area contributed by atoms with E-state index in [1.807, 2.05) is 73.7 Å². The molecule has 0 unspecified atom stereocenters.